The third kappa shape index (κ3) is 4.81. The van der Waals surface area contributed by atoms with Crippen LogP contribution in [0.1, 0.15) is 33.5 Å². The maximum absolute atomic E-state index is 12.2. The van der Waals surface area contributed by atoms with E-state index in [9.17, 15) is 20.1 Å². The molecule has 0 aliphatic carbocycles. The number of esters is 1. The molecule has 8 heteroatoms. The van der Waals surface area contributed by atoms with E-state index in [2.05, 4.69) is 0 Å². The number of aliphatic hydroxyl groups excluding tert-OH is 4. The lowest BCUT2D eigenvalue weighted by atomic mass is 10.1. The second kappa shape index (κ2) is 8.46. The largest absolute Gasteiger partial charge is 0.463 e. The molecule has 1 heterocycles. The molecule has 1 aromatic carbocycles. The third-order valence-corrected chi connectivity index (χ3v) is 3.89. The summed E-state index contributed by atoms with van der Waals surface area (Å²) in [6.07, 6.45) is -4.80. The van der Waals surface area contributed by atoms with Gasteiger partial charge in [0.25, 0.3) is 0 Å². The number of carbonyl (C=O) groups is 1. The Labute approximate surface area is 149 Å². The molecule has 2 rings (SSSR count). The van der Waals surface area contributed by atoms with Crippen molar-refractivity contribution in [1.29, 1.82) is 0 Å². The van der Waals surface area contributed by atoms with Crippen LogP contribution < -0.4 is 0 Å². The Hall–Kier alpha value is -1.90. The first-order valence-corrected chi connectivity index (χ1v) is 7.88. The molecule has 0 aliphatic heterocycles. The molecule has 25 heavy (non-hydrogen) atoms. The van der Waals surface area contributed by atoms with E-state index in [1.165, 1.54) is 13.0 Å². The lowest BCUT2D eigenvalue weighted by Gasteiger charge is -2.19. The van der Waals surface area contributed by atoms with Crippen molar-refractivity contribution < 1.29 is 34.4 Å². The molecule has 7 nitrogen and oxygen atoms in total. The highest BCUT2D eigenvalue weighted by Crippen LogP contribution is 2.25. The fraction of sp³-hybridized carbons (Fsp3) is 0.353. The first kappa shape index (κ1) is 19.4. The van der Waals surface area contributed by atoms with Gasteiger partial charge in [0.1, 0.15) is 42.0 Å². The number of halogens is 1. The van der Waals surface area contributed by atoms with E-state index in [-0.39, 0.29) is 23.7 Å². The summed E-state index contributed by atoms with van der Waals surface area (Å²) in [5.74, 6) is -0.580. The molecule has 0 saturated carbocycles. The fourth-order valence-electron chi connectivity index (χ4n) is 2.15. The van der Waals surface area contributed by atoms with Crippen LogP contribution in [-0.2, 0) is 11.3 Å². The minimum atomic E-state index is -1.66. The molecule has 3 atom stereocenters. The predicted octanol–water partition coefficient (Wildman–Crippen LogP) is 1.35. The van der Waals surface area contributed by atoms with Crippen molar-refractivity contribution in [2.24, 2.45) is 0 Å². The summed E-state index contributed by atoms with van der Waals surface area (Å²) >= 11 is 5.78. The molecule has 0 aliphatic rings. The molecule has 136 valence electrons. The van der Waals surface area contributed by atoms with Crippen molar-refractivity contribution in [1.82, 2.24) is 0 Å². The van der Waals surface area contributed by atoms with Crippen molar-refractivity contribution in [3.05, 3.63) is 58.0 Å². The topological polar surface area (TPSA) is 120 Å². The van der Waals surface area contributed by atoms with Gasteiger partial charge in [0.15, 0.2) is 0 Å². The normalized spacial score (nSPS) is 14.8. The van der Waals surface area contributed by atoms with E-state index < -0.39 is 30.9 Å². The standard InChI is InChI=1S/C17H19ClO7/c1-9-12(6-14(25-9)16(22)15(21)13(20)7-19)17(23)24-8-10-2-4-11(18)5-3-10/h2-6,13,15-16,19-22H,7-8H2,1H3/t13-,15+,16+/m1/s1. The third-order valence-electron chi connectivity index (χ3n) is 3.64. The summed E-state index contributed by atoms with van der Waals surface area (Å²) in [5.41, 5.74) is 0.842. The Morgan fingerprint density at radius 3 is 2.48 bits per heavy atom. The van der Waals surface area contributed by atoms with Gasteiger partial charge in [-0.05, 0) is 30.7 Å². The molecular weight excluding hydrogens is 352 g/mol. The Bertz CT molecular complexity index is 710. The predicted molar refractivity (Wildman–Crippen MR) is 88.1 cm³/mol. The number of furan rings is 1. The van der Waals surface area contributed by atoms with Crippen LogP contribution in [0.3, 0.4) is 0 Å². The Morgan fingerprint density at radius 1 is 1.24 bits per heavy atom. The molecular formula is C17H19ClO7. The minimum Gasteiger partial charge on any atom is -0.463 e. The molecule has 4 N–H and O–H groups in total. The molecule has 0 bridgehead atoms. The summed E-state index contributed by atoms with van der Waals surface area (Å²) < 4.78 is 10.4. The van der Waals surface area contributed by atoms with Crippen LogP contribution in [0.25, 0.3) is 0 Å². The first-order valence-electron chi connectivity index (χ1n) is 7.50. The van der Waals surface area contributed by atoms with Gasteiger partial charge >= 0.3 is 5.97 Å². The highest BCUT2D eigenvalue weighted by Gasteiger charge is 2.29. The minimum absolute atomic E-state index is 0.0321. The van der Waals surface area contributed by atoms with Crippen LogP contribution >= 0.6 is 11.6 Å². The van der Waals surface area contributed by atoms with Crippen molar-refractivity contribution >= 4 is 17.6 Å². The number of hydrogen-bond donors (Lipinski definition) is 4. The molecule has 0 radical (unpaired) electrons. The van der Waals surface area contributed by atoms with Gasteiger partial charge < -0.3 is 29.6 Å². The monoisotopic (exact) mass is 370 g/mol. The number of ether oxygens (including phenoxy) is 1. The zero-order chi connectivity index (χ0) is 18.6. The quantitative estimate of drug-likeness (QED) is 0.543. The van der Waals surface area contributed by atoms with Crippen molar-refractivity contribution in [3.8, 4) is 0 Å². The zero-order valence-electron chi connectivity index (χ0n) is 13.4. The van der Waals surface area contributed by atoms with Crippen LogP contribution in [-0.4, -0.2) is 45.2 Å². The lowest BCUT2D eigenvalue weighted by molar-refractivity contribution is -0.0837. The Kier molecular flexibility index (Phi) is 6.57. The zero-order valence-corrected chi connectivity index (χ0v) is 14.2. The smallest absolute Gasteiger partial charge is 0.342 e. The van der Waals surface area contributed by atoms with E-state index in [4.69, 9.17) is 25.9 Å². The van der Waals surface area contributed by atoms with Gasteiger partial charge in [-0.1, -0.05) is 23.7 Å². The molecule has 0 saturated heterocycles. The molecule has 2 aromatic rings. The van der Waals surface area contributed by atoms with Gasteiger partial charge in [0, 0.05) is 5.02 Å². The average molecular weight is 371 g/mol. The second-order valence-electron chi connectivity index (χ2n) is 5.51. The number of rotatable bonds is 7. The van der Waals surface area contributed by atoms with Crippen LogP contribution in [0.4, 0.5) is 0 Å². The van der Waals surface area contributed by atoms with Gasteiger partial charge in [-0.25, -0.2) is 4.79 Å². The van der Waals surface area contributed by atoms with E-state index in [1.54, 1.807) is 24.3 Å². The van der Waals surface area contributed by atoms with Gasteiger partial charge in [0.05, 0.1) is 6.61 Å². The SMILES string of the molecule is Cc1oc([C@H](O)[C@@H](O)[C@H](O)CO)cc1C(=O)OCc1ccc(Cl)cc1. The maximum atomic E-state index is 12.2. The van der Waals surface area contributed by atoms with Crippen LogP contribution in [0.5, 0.6) is 0 Å². The van der Waals surface area contributed by atoms with Gasteiger partial charge in [0.2, 0.25) is 0 Å². The number of aryl methyl sites for hydroxylation is 1. The summed E-state index contributed by atoms with van der Waals surface area (Å²) in [7, 11) is 0. The average Bonchev–Trinajstić information content (AvgIpc) is 3.00. The van der Waals surface area contributed by atoms with Crippen LogP contribution in [0, 0.1) is 6.92 Å². The number of hydrogen-bond acceptors (Lipinski definition) is 7. The summed E-state index contributed by atoms with van der Waals surface area (Å²) in [6.45, 7) is 0.808. The number of carbonyl (C=O) groups excluding carboxylic acids is 1. The van der Waals surface area contributed by atoms with E-state index in [0.29, 0.717) is 5.02 Å². The summed E-state index contributed by atoms with van der Waals surface area (Å²) in [4.78, 5) is 12.2. The van der Waals surface area contributed by atoms with Crippen molar-refractivity contribution in [2.75, 3.05) is 6.61 Å². The van der Waals surface area contributed by atoms with Gasteiger partial charge in [-0.15, -0.1) is 0 Å². The summed E-state index contributed by atoms with van der Waals surface area (Å²) in [6, 6.07) is 8.03. The fourth-order valence-corrected chi connectivity index (χ4v) is 2.27. The van der Waals surface area contributed by atoms with Crippen molar-refractivity contribution in [2.45, 2.75) is 31.8 Å². The second-order valence-corrected chi connectivity index (χ2v) is 5.94. The van der Waals surface area contributed by atoms with Crippen molar-refractivity contribution in [3.63, 3.8) is 0 Å². The Morgan fingerprint density at radius 2 is 1.88 bits per heavy atom. The number of aliphatic hydroxyl groups is 4. The maximum Gasteiger partial charge on any atom is 0.342 e. The molecule has 0 fully saturated rings. The first-order chi connectivity index (χ1) is 11.8. The van der Waals surface area contributed by atoms with Crippen LogP contribution in [0.15, 0.2) is 34.7 Å². The molecule has 0 unspecified atom stereocenters. The van der Waals surface area contributed by atoms with E-state index >= 15 is 0 Å². The highest BCUT2D eigenvalue weighted by atomic mass is 35.5. The molecule has 0 amide bonds. The van der Waals surface area contributed by atoms with Gasteiger partial charge in [-0.3, -0.25) is 0 Å². The number of benzene rings is 1. The molecule has 1 aromatic heterocycles. The van der Waals surface area contributed by atoms with Gasteiger partial charge in [-0.2, -0.15) is 0 Å². The summed E-state index contributed by atoms with van der Waals surface area (Å²) in [5, 5.41) is 38.4. The lowest BCUT2D eigenvalue weighted by Crippen LogP contribution is -2.34. The molecule has 0 spiro atoms. The van der Waals surface area contributed by atoms with E-state index in [1.807, 2.05) is 0 Å². The van der Waals surface area contributed by atoms with E-state index in [0.717, 1.165) is 5.56 Å². The highest BCUT2D eigenvalue weighted by molar-refractivity contribution is 6.30. The van der Waals surface area contributed by atoms with Crippen LogP contribution in [0.2, 0.25) is 5.02 Å². The Balaban J connectivity index is 2.05.